The van der Waals surface area contributed by atoms with Gasteiger partial charge in [0.2, 0.25) is 0 Å². The van der Waals surface area contributed by atoms with Crippen LogP contribution in [0, 0.1) is 28.6 Å². The van der Waals surface area contributed by atoms with Gasteiger partial charge in [-0.3, -0.25) is 0 Å². The summed E-state index contributed by atoms with van der Waals surface area (Å²) in [5, 5.41) is 0. The molecular weight excluding hydrogens is 224 g/mol. The number of rotatable bonds is 1. The summed E-state index contributed by atoms with van der Waals surface area (Å²) < 4.78 is 0. The van der Waals surface area contributed by atoms with Crippen LogP contribution in [0.3, 0.4) is 0 Å². The van der Waals surface area contributed by atoms with Crippen molar-refractivity contribution in [2.24, 2.45) is 28.6 Å². The lowest BCUT2D eigenvalue weighted by Crippen LogP contribution is -2.34. The Kier molecular flexibility index (Phi) is 2.54. The first kappa shape index (κ1) is 12.1. The molecule has 3 rings (SSSR count). The van der Waals surface area contributed by atoms with Gasteiger partial charge in [-0.15, -0.1) is 11.8 Å². The Bertz CT molecular complexity index is 379. The van der Waals surface area contributed by atoms with E-state index >= 15 is 0 Å². The Morgan fingerprint density at radius 3 is 2.41 bits per heavy atom. The van der Waals surface area contributed by atoms with Crippen LogP contribution in [0.5, 0.6) is 0 Å². The molecule has 1 heteroatoms. The zero-order valence-electron chi connectivity index (χ0n) is 12.0. The molecule has 0 radical (unpaired) electrons. The summed E-state index contributed by atoms with van der Waals surface area (Å²) in [6.45, 7) is 12.6. The highest BCUT2D eigenvalue weighted by Crippen LogP contribution is 2.72. The molecule has 0 saturated heterocycles. The van der Waals surface area contributed by atoms with Crippen LogP contribution < -0.4 is 0 Å². The van der Waals surface area contributed by atoms with Gasteiger partial charge in [0.15, 0.2) is 0 Å². The Morgan fingerprint density at radius 2 is 1.94 bits per heavy atom. The second kappa shape index (κ2) is 3.56. The minimum absolute atomic E-state index is 0.553. The standard InChI is InChI=1S/C16H26S/c1-10-13-6-8-16(5,15(13,3)4)14(10)12-7-9-17-11(12)2/h10,13-14H,6-9H2,1-5H3/t10?,13-,14?,16-/m0/s1. The molecule has 4 atom stereocenters. The Hall–Kier alpha value is 0.0900. The van der Waals surface area contributed by atoms with Gasteiger partial charge in [0.1, 0.15) is 0 Å². The normalized spacial score (nSPS) is 48.2. The number of allylic oxidation sites excluding steroid dienone is 2. The molecule has 0 aromatic rings. The largest absolute Gasteiger partial charge is 0.131 e. The molecule has 2 bridgehead atoms. The van der Waals surface area contributed by atoms with E-state index in [1.54, 1.807) is 4.91 Å². The molecule has 2 aliphatic carbocycles. The summed E-state index contributed by atoms with van der Waals surface area (Å²) >= 11 is 2.10. The van der Waals surface area contributed by atoms with Gasteiger partial charge in [-0.05, 0) is 59.7 Å². The Labute approximate surface area is 111 Å². The lowest BCUT2D eigenvalue weighted by molar-refractivity contribution is 0.114. The first-order valence-electron chi connectivity index (χ1n) is 7.22. The minimum Gasteiger partial charge on any atom is -0.131 e. The number of hydrogen-bond donors (Lipinski definition) is 0. The van der Waals surface area contributed by atoms with E-state index < -0.39 is 0 Å². The molecule has 17 heavy (non-hydrogen) atoms. The van der Waals surface area contributed by atoms with E-state index in [0.717, 1.165) is 17.8 Å². The number of hydrogen-bond acceptors (Lipinski definition) is 1. The molecule has 2 saturated carbocycles. The average molecular weight is 250 g/mol. The number of thioether (sulfide) groups is 1. The zero-order chi connectivity index (χ0) is 12.4. The molecule has 0 aromatic heterocycles. The smallest absolute Gasteiger partial charge is 0.00144 e. The first-order chi connectivity index (χ1) is 7.89. The molecule has 2 fully saturated rings. The molecule has 0 N–H and O–H groups in total. The second-order valence-electron chi connectivity index (χ2n) is 7.30. The molecule has 1 heterocycles. The molecule has 2 unspecified atom stereocenters. The summed E-state index contributed by atoms with van der Waals surface area (Å²) in [6.07, 6.45) is 4.30. The molecule has 0 amide bonds. The third-order valence-corrected chi connectivity index (χ3v) is 7.84. The van der Waals surface area contributed by atoms with E-state index in [1.165, 1.54) is 25.0 Å². The van der Waals surface area contributed by atoms with Crippen molar-refractivity contribution in [1.82, 2.24) is 0 Å². The van der Waals surface area contributed by atoms with E-state index in [4.69, 9.17) is 0 Å². The fraction of sp³-hybridized carbons (Fsp3) is 0.875. The molecule has 0 nitrogen and oxygen atoms in total. The predicted molar refractivity (Wildman–Crippen MR) is 77.0 cm³/mol. The fourth-order valence-corrected chi connectivity index (χ4v) is 6.55. The molecule has 3 aliphatic rings. The quantitative estimate of drug-likeness (QED) is 0.623. The van der Waals surface area contributed by atoms with Crippen molar-refractivity contribution in [3.63, 3.8) is 0 Å². The lowest BCUT2D eigenvalue weighted by Gasteiger charge is -2.41. The van der Waals surface area contributed by atoms with E-state index in [1.807, 2.05) is 5.57 Å². The first-order valence-corrected chi connectivity index (χ1v) is 8.20. The molecular formula is C16H26S. The van der Waals surface area contributed by atoms with Gasteiger partial charge in [0.05, 0.1) is 0 Å². The van der Waals surface area contributed by atoms with Crippen molar-refractivity contribution in [3.8, 4) is 0 Å². The van der Waals surface area contributed by atoms with Crippen molar-refractivity contribution in [2.75, 3.05) is 5.75 Å². The van der Waals surface area contributed by atoms with Gasteiger partial charge in [0.25, 0.3) is 0 Å². The van der Waals surface area contributed by atoms with Crippen LogP contribution in [0.25, 0.3) is 0 Å². The maximum atomic E-state index is 2.59. The second-order valence-corrected chi connectivity index (χ2v) is 8.61. The summed E-state index contributed by atoms with van der Waals surface area (Å²) in [5.41, 5.74) is 2.95. The van der Waals surface area contributed by atoms with Gasteiger partial charge in [-0.1, -0.05) is 33.3 Å². The summed E-state index contributed by atoms with van der Waals surface area (Å²) in [7, 11) is 0. The van der Waals surface area contributed by atoms with Crippen molar-refractivity contribution < 1.29 is 0 Å². The van der Waals surface area contributed by atoms with Crippen LogP contribution in [0.15, 0.2) is 10.5 Å². The fourth-order valence-electron chi connectivity index (χ4n) is 5.51. The Balaban J connectivity index is 2.05. The van der Waals surface area contributed by atoms with E-state index in [2.05, 4.69) is 46.4 Å². The maximum Gasteiger partial charge on any atom is 0.00144 e. The third-order valence-electron chi connectivity index (χ3n) is 6.74. The topological polar surface area (TPSA) is 0 Å². The van der Waals surface area contributed by atoms with Crippen molar-refractivity contribution in [1.29, 1.82) is 0 Å². The summed E-state index contributed by atoms with van der Waals surface area (Å²) in [6, 6.07) is 0. The van der Waals surface area contributed by atoms with Crippen LogP contribution in [-0.2, 0) is 0 Å². The van der Waals surface area contributed by atoms with Crippen LogP contribution in [0.1, 0.15) is 53.9 Å². The highest BCUT2D eigenvalue weighted by molar-refractivity contribution is 8.03. The summed E-state index contributed by atoms with van der Waals surface area (Å²) in [5.74, 6) is 4.09. The molecule has 0 spiro atoms. The monoisotopic (exact) mass is 250 g/mol. The third kappa shape index (κ3) is 1.33. The van der Waals surface area contributed by atoms with E-state index in [9.17, 15) is 0 Å². The highest BCUT2D eigenvalue weighted by atomic mass is 32.2. The Morgan fingerprint density at radius 1 is 1.24 bits per heavy atom. The van der Waals surface area contributed by atoms with Gasteiger partial charge >= 0.3 is 0 Å². The highest BCUT2D eigenvalue weighted by Gasteiger charge is 2.65. The SMILES string of the molecule is CC1=C(C2C(C)[C@@H]3CC[C@]2(C)C3(C)C)CCS1. The van der Waals surface area contributed by atoms with Crippen molar-refractivity contribution >= 4 is 11.8 Å². The molecule has 96 valence electrons. The average Bonchev–Trinajstić information content (AvgIpc) is 2.77. The van der Waals surface area contributed by atoms with Crippen LogP contribution in [-0.4, -0.2) is 5.75 Å². The minimum atomic E-state index is 0.553. The van der Waals surface area contributed by atoms with Gasteiger partial charge in [-0.25, -0.2) is 0 Å². The van der Waals surface area contributed by atoms with Crippen LogP contribution in [0.4, 0.5) is 0 Å². The number of fused-ring (bicyclic) bond motifs is 2. The van der Waals surface area contributed by atoms with Crippen LogP contribution in [0.2, 0.25) is 0 Å². The van der Waals surface area contributed by atoms with E-state index in [0.29, 0.717) is 10.8 Å². The summed E-state index contributed by atoms with van der Waals surface area (Å²) in [4.78, 5) is 1.66. The maximum absolute atomic E-state index is 2.59. The van der Waals surface area contributed by atoms with Gasteiger partial charge < -0.3 is 0 Å². The zero-order valence-corrected chi connectivity index (χ0v) is 12.8. The van der Waals surface area contributed by atoms with Gasteiger partial charge in [0, 0.05) is 5.75 Å². The van der Waals surface area contributed by atoms with Crippen molar-refractivity contribution in [3.05, 3.63) is 10.5 Å². The van der Waals surface area contributed by atoms with Crippen LogP contribution >= 0.6 is 11.8 Å². The molecule has 1 aliphatic heterocycles. The van der Waals surface area contributed by atoms with E-state index in [-0.39, 0.29) is 0 Å². The predicted octanol–water partition coefficient (Wildman–Crippen LogP) is 5.11. The molecule has 0 aromatic carbocycles. The van der Waals surface area contributed by atoms with Crippen molar-refractivity contribution in [2.45, 2.75) is 53.9 Å². The lowest BCUT2D eigenvalue weighted by atomic mass is 9.63. The van der Waals surface area contributed by atoms with Gasteiger partial charge in [-0.2, -0.15) is 0 Å².